The molecule has 0 amide bonds. The number of carboxylic acids is 1. The van der Waals surface area contributed by atoms with Gasteiger partial charge in [0.2, 0.25) is 0 Å². The topological polar surface area (TPSA) is 81.8 Å². The zero-order chi connectivity index (χ0) is 13.0. The molecule has 5 heteroatoms. The first-order valence-electron chi connectivity index (χ1n) is 5.98. The first-order chi connectivity index (χ1) is 8.70. The summed E-state index contributed by atoms with van der Waals surface area (Å²) in [6.45, 7) is 1.44. The van der Waals surface area contributed by atoms with Crippen LogP contribution in [0.5, 0.6) is 5.75 Å². The van der Waals surface area contributed by atoms with Crippen molar-refractivity contribution in [3.63, 3.8) is 0 Å². The average Bonchev–Trinajstić information content (AvgIpc) is 2.84. The Morgan fingerprint density at radius 3 is 2.72 bits per heavy atom. The molecule has 0 radical (unpaired) electrons. The van der Waals surface area contributed by atoms with E-state index in [2.05, 4.69) is 0 Å². The van der Waals surface area contributed by atoms with Gasteiger partial charge in [0, 0.05) is 13.0 Å². The Morgan fingerprint density at radius 1 is 1.50 bits per heavy atom. The summed E-state index contributed by atoms with van der Waals surface area (Å²) in [5, 5.41) is 9.00. The molecule has 18 heavy (non-hydrogen) atoms. The van der Waals surface area contributed by atoms with Crippen molar-refractivity contribution in [2.45, 2.75) is 18.4 Å². The van der Waals surface area contributed by atoms with Crippen molar-refractivity contribution in [3.05, 3.63) is 29.8 Å². The van der Waals surface area contributed by atoms with Gasteiger partial charge >= 0.3 is 5.97 Å². The number of rotatable bonds is 5. The van der Waals surface area contributed by atoms with Gasteiger partial charge in [-0.1, -0.05) is 12.1 Å². The number of carboxylic acid groups (broad SMARTS) is 1. The standard InChI is InChI=1S/C13H17NO4/c14-7-12(13(15)16)9-1-3-10(4-2-9)18-11-5-6-17-8-11/h1-4,11-12H,5-8,14H2,(H,15,16). The van der Waals surface area contributed by atoms with Crippen LogP contribution >= 0.6 is 0 Å². The zero-order valence-electron chi connectivity index (χ0n) is 10.0. The molecule has 1 aromatic carbocycles. The molecule has 1 fully saturated rings. The van der Waals surface area contributed by atoms with E-state index in [1.807, 2.05) is 0 Å². The van der Waals surface area contributed by atoms with Crippen LogP contribution in [0.15, 0.2) is 24.3 Å². The van der Waals surface area contributed by atoms with Crippen LogP contribution in [0.3, 0.4) is 0 Å². The maximum atomic E-state index is 11.0. The van der Waals surface area contributed by atoms with Gasteiger partial charge in [0.05, 0.1) is 19.1 Å². The third-order valence-corrected chi connectivity index (χ3v) is 3.01. The fraction of sp³-hybridized carbons (Fsp3) is 0.462. The number of carbonyl (C=O) groups is 1. The van der Waals surface area contributed by atoms with Gasteiger partial charge in [0.1, 0.15) is 11.9 Å². The minimum Gasteiger partial charge on any atom is -0.488 e. The lowest BCUT2D eigenvalue weighted by atomic mass is 9.99. The number of aliphatic carboxylic acids is 1. The third-order valence-electron chi connectivity index (χ3n) is 3.01. The van der Waals surface area contributed by atoms with Crippen molar-refractivity contribution in [1.29, 1.82) is 0 Å². The summed E-state index contributed by atoms with van der Waals surface area (Å²) < 4.78 is 10.9. The monoisotopic (exact) mass is 251 g/mol. The molecule has 3 N–H and O–H groups in total. The summed E-state index contributed by atoms with van der Waals surface area (Å²) >= 11 is 0. The lowest BCUT2D eigenvalue weighted by Gasteiger charge is -2.14. The quantitative estimate of drug-likeness (QED) is 0.815. The van der Waals surface area contributed by atoms with Crippen LogP contribution in [0.25, 0.3) is 0 Å². The van der Waals surface area contributed by atoms with Gasteiger partial charge in [-0.25, -0.2) is 0 Å². The summed E-state index contributed by atoms with van der Waals surface area (Å²) in [5.41, 5.74) is 6.14. The molecule has 0 aliphatic carbocycles. The van der Waals surface area contributed by atoms with Gasteiger partial charge in [0.15, 0.2) is 0 Å². The number of hydrogen-bond donors (Lipinski definition) is 2. The minimum atomic E-state index is -0.907. The highest BCUT2D eigenvalue weighted by Crippen LogP contribution is 2.21. The van der Waals surface area contributed by atoms with E-state index in [0.717, 1.165) is 18.8 Å². The van der Waals surface area contributed by atoms with Crippen molar-refractivity contribution in [1.82, 2.24) is 0 Å². The highest BCUT2D eigenvalue weighted by atomic mass is 16.5. The Hall–Kier alpha value is -1.59. The summed E-state index contributed by atoms with van der Waals surface area (Å²) in [5.74, 6) is -0.834. The van der Waals surface area contributed by atoms with Gasteiger partial charge in [0.25, 0.3) is 0 Å². The lowest BCUT2D eigenvalue weighted by molar-refractivity contribution is -0.138. The van der Waals surface area contributed by atoms with Crippen molar-refractivity contribution in [3.8, 4) is 5.75 Å². The van der Waals surface area contributed by atoms with E-state index in [1.54, 1.807) is 24.3 Å². The number of hydrogen-bond acceptors (Lipinski definition) is 4. The molecule has 1 saturated heterocycles. The van der Waals surface area contributed by atoms with Crippen molar-refractivity contribution in [2.24, 2.45) is 5.73 Å². The predicted molar refractivity (Wildman–Crippen MR) is 65.7 cm³/mol. The molecule has 0 saturated carbocycles. The van der Waals surface area contributed by atoms with E-state index in [0.29, 0.717) is 12.2 Å². The second kappa shape index (κ2) is 5.84. The summed E-state index contributed by atoms with van der Waals surface area (Å²) in [7, 11) is 0. The van der Waals surface area contributed by atoms with E-state index in [1.165, 1.54) is 0 Å². The molecular weight excluding hydrogens is 234 g/mol. The average molecular weight is 251 g/mol. The van der Waals surface area contributed by atoms with Gasteiger partial charge in [-0.15, -0.1) is 0 Å². The maximum absolute atomic E-state index is 11.0. The number of ether oxygens (including phenoxy) is 2. The fourth-order valence-electron chi connectivity index (χ4n) is 1.96. The van der Waals surface area contributed by atoms with Crippen LogP contribution in [0.4, 0.5) is 0 Å². The highest BCUT2D eigenvalue weighted by molar-refractivity contribution is 5.76. The van der Waals surface area contributed by atoms with Gasteiger partial charge < -0.3 is 20.3 Å². The van der Waals surface area contributed by atoms with Crippen molar-refractivity contribution < 1.29 is 19.4 Å². The van der Waals surface area contributed by atoms with Crippen LogP contribution in [-0.2, 0) is 9.53 Å². The fourth-order valence-corrected chi connectivity index (χ4v) is 1.96. The second-order valence-electron chi connectivity index (χ2n) is 4.30. The van der Waals surface area contributed by atoms with E-state index >= 15 is 0 Å². The van der Waals surface area contributed by atoms with E-state index < -0.39 is 11.9 Å². The van der Waals surface area contributed by atoms with Crippen LogP contribution < -0.4 is 10.5 Å². The summed E-state index contributed by atoms with van der Waals surface area (Å²) in [6.07, 6.45) is 0.989. The number of nitrogens with two attached hydrogens (primary N) is 1. The maximum Gasteiger partial charge on any atom is 0.312 e. The minimum absolute atomic E-state index is 0.0893. The molecule has 2 atom stereocenters. The Kier molecular flexibility index (Phi) is 4.17. The zero-order valence-corrected chi connectivity index (χ0v) is 10.0. The molecular formula is C13H17NO4. The van der Waals surface area contributed by atoms with Crippen LogP contribution in [0.2, 0.25) is 0 Å². The first-order valence-corrected chi connectivity index (χ1v) is 5.98. The van der Waals surface area contributed by atoms with Crippen LogP contribution in [-0.4, -0.2) is 36.9 Å². The Balaban J connectivity index is 2.02. The van der Waals surface area contributed by atoms with Crippen LogP contribution in [0.1, 0.15) is 17.9 Å². The predicted octanol–water partition coefficient (Wildman–Crippen LogP) is 0.981. The molecule has 0 spiro atoms. The Labute approximate surface area is 106 Å². The highest BCUT2D eigenvalue weighted by Gasteiger charge is 2.19. The Morgan fingerprint density at radius 2 is 2.22 bits per heavy atom. The van der Waals surface area contributed by atoms with E-state index in [9.17, 15) is 4.79 Å². The lowest BCUT2D eigenvalue weighted by Crippen LogP contribution is -2.21. The van der Waals surface area contributed by atoms with Gasteiger partial charge in [-0.05, 0) is 17.7 Å². The molecule has 1 aliphatic rings. The summed E-state index contributed by atoms with van der Waals surface area (Å²) in [6, 6.07) is 7.05. The Bertz CT molecular complexity index is 398. The van der Waals surface area contributed by atoms with Gasteiger partial charge in [-0.2, -0.15) is 0 Å². The molecule has 1 heterocycles. The molecule has 0 bridgehead atoms. The molecule has 0 aromatic heterocycles. The first kappa shape index (κ1) is 12.9. The molecule has 1 aromatic rings. The van der Waals surface area contributed by atoms with E-state index in [-0.39, 0.29) is 12.6 Å². The molecule has 98 valence electrons. The molecule has 2 rings (SSSR count). The van der Waals surface area contributed by atoms with Crippen LogP contribution in [0, 0.1) is 0 Å². The third kappa shape index (κ3) is 3.00. The number of benzene rings is 1. The molecule has 5 nitrogen and oxygen atoms in total. The normalized spacial score (nSPS) is 20.6. The van der Waals surface area contributed by atoms with Crippen molar-refractivity contribution >= 4 is 5.97 Å². The largest absolute Gasteiger partial charge is 0.488 e. The second-order valence-corrected chi connectivity index (χ2v) is 4.30. The molecule has 1 aliphatic heterocycles. The van der Waals surface area contributed by atoms with Gasteiger partial charge in [-0.3, -0.25) is 4.79 Å². The van der Waals surface area contributed by atoms with E-state index in [4.69, 9.17) is 20.3 Å². The van der Waals surface area contributed by atoms with Crippen molar-refractivity contribution in [2.75, 3.05) is 19.8 Å². The smallest absolute Gasteiger partial charge is 0.312 e. The SMILES string of the molecule is NCC(C(=O)O)c1ccc(OC2CCOC2)cc1. The summed E-state index contributed by atoms with van der Waals surface area (Å²) in [4.78, 5) is 11.0. The molecule has 2 unspecified atom stereocenters.